The molecule has 3 N–H and O–H groups in total. The Morgan fingerprint density at radius 1 is 1.25 bits per heavy atom. The van der Waals surface area contributed by atoms with Gasteiger partial charge in [-0.25, -0.2) is 0 Å². The monoisotopic (exact) mass is 442 g/mol. The van der Waals surface area contributed by atoms with Crippen molar-refractivity contribution in [2.45, 2.75) is 31.9 Å². The van der Waals surface area contributed by atoms with Crippen LogP contribution in [0.4, 0.5) is 0 Å². The van der Waals surface area contributed by atoms with Gasteiger partial charge in [0.1, 0.15) is 11.5 Å². The molecule has 0 amide bonds. The number of fused-ring (bicyclic) bond motifs is 3. The Balaban J connectivity index is 2.02. The second-order valence-electron chi connectivity index (χ2n) is 8.59. The first-order valence-electron chi connectivity index (χ1n) is 10.7. The molecule has 1 aromatic carbocycles. The first kappa shape index (κ1) is 23.9. The molecule has 0 bridgehead atoms. The number of benzene rings is 1. The molecule has 1 unspecified atom stereocenters. The fourth-order valence-electron chi connectivity index (χ4n) is 3.86. The van der Waals surface area contributed by atoms with Crippen molar-refractivity contribution in [2.24, 2.45) is 5.73 Å². The van der Waals surface area contributed by atoms with Gasteiger partial charge in [-0.1, -0.05) is 13.2 Å². The minimum atomic E-state index is -0.751. The molecule has 7 heteroatoms. The van der Waals surface area contributed by atoms with Crippen molar-refractivity contribution in [3.05, 3.63) is 65.6 Å². The first-order valence-corrected chi connectivity index (χ1v) is 10.7. The second-order valence-corrected chi connectivity index (χ2v) is 8.59. The Morgan fingerprint density at radius 3 is 2.62 bits per heavy atom. The van der Waals surface area contributed by atoms with Gasteiger partial charge in [-0.3, -0.25) is 0 Å². The smallest absolute Gasteiger partial charge is 0.161 e. The molecule has 2 heterocycles. The summed E-state index contributed by atoms with van der Waals surface area (Å²) < 4.78 is 22.7. The second kappa shape index (κ2) is 9.81. The molecule has 0 fully saturated rings. The van der Waals surface area contributed by atoms with E-state index in [9.17, 15) is 5.11 Å². The number of nitrogens with two attached hydrogens (primary N) is 1. The third kappa shape index (κ3) is 5.35. The summed E-state index contributed by atoms with van der Waals surface area (Å²) in [4.78, 5) is 2.09. The Kier molecular flexibility index (Phi) is 7.33. The summed E-state index contributed by atoms with van der Waals surface area (Å²) in [6.45, 7) is 13.6. The highest BCUT2D eigenvalue weighted by Gasteiger charge is 2.33. The zero-order chi connectivity index (χ0) is 23.5. The lowest BCUT2D eigenvalue weighted by molar-refractivity contribution is -0.0219. The van der Waals surface area contributed by atoms with E-state index in [1.54, 1.807) is 14.2 Å². The summed E-state index contributed by atoms with van der Waals surface area (Å²) in [5.74, 6) is 1.34. The Morgan fingerprint density at radius 2 is 2.00 bits per heavy atom. The highest BCUT2D eigenvalue weighted by Crippen LogP contribution is 2.45. The summed E-state index contributed by atoms with van der Waals surface area (Å²) in [5.41, 5.74) is 9.71. The summed E-state index contributed by atoms with van der Waals surface area (Å²) in [7, 11) is 3.30. The van der Waals surface area contributed by atoms with Gasteiger partial charge >= 0.3 is 0 Å². The average molecular weight is 443 g/mol. The summed E-state index contributed by atoms with van der Waals surface area (Å²) in [6.07, 6.45) is 4.62. The van der Waals surface area contributed by atoms with E-state index in [0.29, 0.717) is 49.0 Å². The number of hydrogen-bond acceptors (Lipinski definition) is 7. The number of aliphatic hydroxyl groups is 1. The van der Waals surface area contributed by atoms with Crippen molar-refractivity contribution in [3.8, 4) is 11.5 Å². The lowest BCUT2D eigenvalue weighted by Gasteiger charge is -2.39. The van der Waals surface area contributed by atoms with Crippen molar-refractivity contribution in [1.82, 2.24) is 4.90 Å². The molecular weight excluding hydrogens is 408 g/mol. The molecule has 174 valence electrons. The molecule has 32 heavy (non-hydrogen) atoms. The van der Waals surface area contributed by atoms with Crippen LogP contribution in [0, 0.1) is 0 Å². The van der Waals surface area contributed by atoms with Crippen LogP contribution in [0.2, 0.25) is 0 Å². The lowest BCUT2D eigenvalue weighted by atomic mass is 9.85. The van der Waals surface area contributed by atoms with Crippen molar-refractivity contribution in [1.29, 1.82) is 0 Å². The van der Waals surface area contributed by atoms with Crippen molar-refractivity contribution in [3.63, 3.8) is 0 Å². The van der Waals surface area contributed by atoms with E-state index >= 15 is 0 Å². The normalized spacial score (nSPS) is 17.8. The van der Waals surface area contributed by atoms with Crippen LogP contribution in [0.15, 0.2) is 54.5 Å². The van der Waals surface area contributed by atoms with Gasteiger partial charge < -0.3 is 34.7 Å². The molecule has 0 saturated carbocycles. The van der Waals surface area contributed by atoms with E-state index in [0.717, 1.165) is 23.2 Å². The van der Waals surface area contributed by atoms with Gasteiger partial charge in [0.25, 0.3) is 0 Å². The predicted octanol–water partition coefficient (Wildman–Crippen LogP) is 4.09. The lowest BCUT2D eigenvalue weighted by Crippen LogP contribution is -2.39. The maximum absolute atomic E-state index is 9.98. The minimum absolute atomic E-state index is 0.00984. The topological polar surface area (TPSA) is 86.4 Å². The zero-order valence-electron chi connectivity index (χ0n) is 19.4. The zero-order valence-corrected chi connectivity index (χ0v) is 19.4. The number of aliphatic hydroxyl groups excluding tert-OH is 1. The number of allylic oxidation sites excluding steroid dienone is 2. The fraction of sp³-hybridized carbons (Fsp3) is 0.440. The van der Waals surface area contributed by atoms with Crippen LogP contribution < -0.4 is 15.2 Å². The third-order valence-corrected chi connectivity index (χ3v) is 5.44. The Labute approximate surface area is 190 Å². The van der Waals surface area contributed by atoms with E-state index in [4.69, 9.17) is 24.7 Å². The van der Waals surface area contributed by atoms with Crippen LogP contribution in [-0.2, 0) is 9.47 Å². The first-order chi connectivity index (χ1) is 15.1. The molecule has 0 radical (unpaired) electrons. The Bertz CT molecular complexity index is 942. The minimum Gasteiger partial charge on any atom is -0.508 e. The largest absolute Gasteiger partial charge is 0.508 e. The molecule has 3 rings (SSSR count). The third-order valence-electron chi connectivity index (χ3n) is 5.44. The molecule has 2 aliphatic rings. The van der Waals surface area contributed by atoms with Gasteiger partial charge in [-0.2, -0.15) is 0 Å². The molecule has 0 spiro atoms. The van der Waals surface area contributed by atoms with Gasteiger partial charge in [0.2, 0.25) is 0 Å². The summed E-state index contributed by atoms with van der Waals surface area (Å²) in [6, 6.07) is 4.02. The van der Waals surface area contributed by atoms with E-state index in [1.165, 1.54) is 0 Å². The molecule has 1 aromatic rings. The molecule has 7 nitrogen and oxygen atoms in total. The number of methoxy groups -OCH3 is 2. The van der Waals surface area contributed by atoms with Gasteiger partial charge in [0.15, 0.2) is 11.5 Å². The standard InChI is InChI=1S/C25H34N2O5/c1-16-10-22-20-12-23(30-6)24(31-9-7-8-29-5)11-19(20)18(15-32-25(3,4)26)13-27(22)14-21(16)17(2)28/h10-12,14,18,28H,1-2,7-9,13,15,26H2,3-6H3. The van der Waals surface area contributed by atoms with E-state index in [-0.39, 0.29) is 11.7 Å². The van der Waals surface area contributed by atoms with E-state index < -0.39 is 5.72 Å². The van der Waals surface area contributed by atoms with Crippen molar-refractivity contribution < 1.29 is 24.1 Å². The van der Waals surface area contributed by atoms with Crippen molar-refractivity contribution >= 4 is 5.70 Å². The van der Waals surface area contributed by atoms with Crippen LogP contribution in [0.1, 0.15) is 37.3 Å². The van der Waals surface area contributed by atoms with Gasteiger partial charge in [-0.15, -0.1) is 0 Å². The van der Waals surface area contributed by atoms with Crippen molar-refractivity contribution in [2.75, 3.05) is 40.6 Å². The maximum atomic E-state index is 9.98. The maximum Gasteiger partial charge on any atom is 0.161 e. The van der Waals surface area contributed by atoms with Gasteiger partial charge in [0.05, 0.1) is 20.3 Å². The van der Waals surface area contributed by atoms with Gasteiger partial charge in [0, 0.05) is 55.6 Å². The summed E-state index contributed by atoms with van der Waals surface area (Å²) in [5, 5.41) is 9.98. The van der Waals surface area contributed by atoms with Crippen LogP contribution in [0.3, 0.4) is 0 Å². The van der Waals surface area contributed by atoms with E-state index in [1.807, 2.05) is 38.3 Å². The number of rotatable bonds is 10. The fourth-order valence-corrected chi connectivity index (χ4v) is 3.86. The Hall–Kier alpha value is -2.74. The predicted molar refractivity (Wildman–Crippen MR) is 126 cm³/mol. The van der Waals surface area contributed by atoms with Crippen LogP contribution in [0.5, 0.6) is 11.5 Å². The van der Waals surface area contributed by atoms with Crippen LogP contribution in [-0.4, -0.2) is 56.3 Å². The molecule has 0 saturated heterocycles. The molecule has 0 aliphatic carbocycles. The number of ether oxygens (including phenoxy) is 4. The quantitative estimate of drug-likeness (QED) is 0.321. The molecule has 2 aliphatic heterocycles. The van der Waals surface area contributed by atoms with Gasteiger partial charge in [-0.05, 0) is 43.2 Å². The number of nitrogens with zero attached hydrogens (tertiary/aromatic N) is 1. The summed E-state index contributed by atoms with van der Waals surface area (Å²) >= 11 is 0. The van der Waals surface area contributed by atoms with Crippen LogP contribution >= 0.6 is 0 Å². The van der Waals surface area contributed by atoms with E-state index in [2.05, 4.69) is 18.1 Å². The SMILES string of the molecule is C=C(O)C1=CN2CC(COC(C)(C)N)c3cc(OCCCOC)c(OC)cc3C2=CC1=C. The molecule has 1 atom stereocenters. The highest BCUT2D eigenvalue weighted by atomic mass is 16.5. The average Bonchev–Trinajstić information content (AvgIpc) is 2.73. The molecule has 0 aromatic heterocycles. The number of hydrogen-bond donors (Lipinski definition) is 2. The molecular formula is C25H34N2O5. The highest BCUT2D eigenvalue weighted by molar-refractivity contribution is 5.78. The van der Waals surface area contributed by atoms with Crippen LogP contribution in [0.25, 0.3) is 5.70 Å².